The van der Waals surface area contributed by atoms with Crippen molar-refractivity contribution in [2.45, 2.75) is 0 Å². The number of nitrogens with one attached hydrogen (secondary N) is 2. The van der Waals surface area contributed by atoms with Gasteiger partial charge in [0.15, 0.2) is 0 Å². The summed E-state index contributed by atoms with van der Waals surface area (Å²) in [5.41, 5.74) is 0.405. The van der Waals surface area contributed by atoms with Gasteiger partial charge in [0.2, 0.25) is 0 Å². The first-order valence-corrected chi connectivity index (χ1v) is 5.99. The lowest BCUT2D eigenvalue weighted by Gasteiger charge is -2.05. The minimum Gasteiger partial charge on any atom is -0.339 e. The third kappa shape index (κ3) is 2.84. The smallest absolute Gasteiger partial charge is 0.261 e. The van der Waals surface area contributed by atoms with E-state index in [0.717, 1.165) is 0 Å². The van der Waals surface area contributed by atoms with Crippen molar-refractivity contribution in [3.05, 3.63) is 51.5 Å². The number of hydrogen-bond acceptors (Lipinski definition) is 4. The molecule has 100 valence electrons. The number of carbonyl (C=O) groups is 1. The first-order chi connectivity index (χ1) is 9.63. The fourth-order valence-corrected chi connectivity index (χ4v) is 1.81. The molecule has 0 saturated heterocycles. The molecule has 0 bridgehead atoms. The van der Waals surface area contributed by atoms with Crippen LogP contribution in [-0.2, 0) is 0 Å². The van der Waals surface area contributed by atoms with Crippen LogP contribution in [0.1, 0.15) is 10.4 Å². The molecule has 0 radical (unpaired) electrons. The van der Waals surface area contributed by atoms with Crippen LogP contribution in [0.3, 0.4) is 0 Å². The number of aromatic nitrogens is 2. The van der Waals surface area contributed by atoms with Crippen molar-refractivity contribution in [3.8, 4) is 17.3 Å². The maximum absolute atomic E-state index is 11.9. The van der Waals surface area contributed by atoms with Gasteiger partial charge in [0.1, 0.15) is 12.1 Å². The second-order valence-corrected chi connectivity index (χ2v) is 4.22. The summed E-state index contributed by atoms with van der Waals surface area (Å²) in [4.78, 5) is 30.0. The molecular formula is C13H9ClN4O2. The van der Waals surface area contributed by atoms with Gasteiger partial charge in [-0.25, -0.2) is 0 Å². The van der Waals surface area contributed by atoms with Gasteiger partial charge in [-0.1, -0.05) is 11.6 Å². The lowest BCUT2D eigenvalue weighted by atomic mass is 10.1. The van der Waals surface area contributed by atoms with Gasteiger partial charge in [0.05, 0.1) is 16.8 Å². The number of carbonyl (C=O) groups excluding carboxylic acids is 1. The van der Waals surface area contributed by atoms with E-state index >= 15 is 0 Å². The van der Waals surface area contributed by atoms with Gasteiger partial charge in [-0.2, -0.15) is 5.26 Å². The summed E-state index contributed by atoms with van der Waals surface area (Å²) in [6, 6.07) is 6.30. The number of pyridine rings is 2. The second kappa shape index (κ2) is 5.99. The molecule has 0 fully saturated rings. The number of nitrogens with zero attached hydrogens (tertiary/aromatic N) is 2. The first kappa shape index (κ1) is 13.8. The van der Waals surface area contributed by atoms with Crippen molar-refractivity contribution in [1.29, 1.82) is 5.26 Å². The number of rotatable bonds is 3. The van der Waals surface area contributed by atoms with Crippen LogP contribution in [0.5, 0.6) is 0 Å². The molecule has 7 heteroatoms. The van der Waals surface area contributed by atoms with Gasteiger partial charge in [-0.3, -0.25) is 14.6 Å². The highest BCUT2D eigenvalue weighted by molar-refractivity contribution is 6.33. The van der Waals surface area contributed by atoms with Crippen LogP contribution in [-0.4, -0.2) is 22.4 Å². The molecule has 0 saturated carbocycles. The fraction of sp³-hybridized carbons (Fsp3) is 0.0769. The van der Waals surface area contributed by atoms with E-state index in [1.807, 2.05) is 0 Å². The van der Waals surface area contributed by atoms with Gasteiger partial charge >= 0.3 is 0 Å². The van der Waals surface area contributed by atoms with Crippen LogP contribution < -0.4 is 10.9 Å². The minimum absolute atomic E-state index is 0.0657. The van der Waals surface area contributed by atoms with Gasteiger partial charge < -0.3 is 10.3 Å². The summed E-state index contributed by atoms with van der Waals surface area (Å²) in [5.74, 6) is -0.600. The minimum atomic E-state index is -0.600. The van der Waals surface area contributed by atoms with E-state index in [-0.39, 0.29) is 12.1 Å². The topological polar surface area (TPSA) is 98.6 Å². The summed E-state index contributed by atoms with van der Waals surface area (Å²) in [6.07, 6.45) is 3.05. The monoisotopic (exact) mass is 288 g/mol. The van der Waals surface area contributed by atoms with Crippen molar-refractivity contribution in [3.63, 3.8) is 0 Å². The SMILES string of the molecule is N#CCNC(=O)c1ccc(-c2cnccc2Cl)[nH]c1=O. The highest BCUT2D eigenvalue weighted by atomic mass is 35.5. The molecule has 2 aromatic rings. The van der Waals surface area contributed by atoms with Crippen LogP contribution in [0.4, 0.5) is 0 Å². The molecule has 0 aliphatic rings. The Kier molecular flexibility index (Phi) is 4.13. The lowest BCUT2D eigenvalue weighted by molar-refractivity contribution is 0.0957. The highest BCUT2D eigenvalue weighted by Crippen LogP contribution is 2.23. The lowest BCUT2D eigenvalue weighted by Crippen LogP contribution is -2.29. The fourth-order valence-electron chi connectivity index (χ4n) is 1.60. The molecule has 0 atom stereocenters. The molecule has 0 aliphatic heterocycles. The van der Waals surface area contributed by atoms with Crippen molar-refractivity contribution < 1.29 is 4.79 Å². The van der Waals surface area contributed by atoms with Gasteiger partial charge in [-0.15, -0.1) is 0 Å². The Labute approximate surface area is 119 Å². The summed E-state index contributed by atoms with van der Waals surface area (Å²) in [6.45, 7) is -0.158. The van der Waals surface area contributed by atoms with E-state index in [4.69, 9.17) is 16.9 Å². The average molecular weight is 289 g/mol. The highest BCUT2D eigenvalue weighted by Gasteiger charge is 2.12. The van der Waals surface area contributed by atoms with Gasteiger partial charge in [0.25, 0.3) is 11.5 Å². The molecule has 6 nitrogen and oxygen atoms in total. The Morgan fingerprint density at radius 3 is 2.90 bits per heavy atom. The molecular weight excluding hydrogens is 280 g/mol. The quantitative estimate of drug-likeness (QED) is 0.833. The Morgan fingerprint density at radius 2 is 2.25 bits per heavy atom. The molecule has 2 aromatic heterocycles. The number of amides is 1. The van der Waals surface area contributed by atoms with Crippen molar-refractivity contribution >= 4 is 17.5 Å². The summed E-state index contributed by atoms with van der Waals surface area (Å²) in [5, 5.41) is 11.1. The Balaban J connectivity index is 2.36. The zero-order valence-corrected chi connectivity index (χ0v) is 10.9. The van der Waals surface area contributed by atoms with Crippen LogP contribution in [0.25, 0.3) is 11.3 Å². The van der Waals surface area contributed by atoms with Crippen molar-refractivity contribution in [1.82, 2.24) is 15.3 Å². The van der Waals surface area contributed by atoms with Gasteiger partial charge in [-0.05, 0) is 18.2 Å². The molecule has 2 N–H and O–H groups in total. The number of H-pyrrole nitrogens is 1. The number of aromatic amines is 1. The van der Waals surface area contributed by atoms with Crippen LogP contribution >= 0.6 is 11.6 Å². The summed E-state index contributed by atoms with van der Waals surface area (Å²) in [7, 11) is 0. The van der Waals surface area contributed by atoms with E-state index in [1.165, 1.54) is 18.5 Å². The number of halogens is 1. The normalized spacial score (nSPS) is 9.80. The number of nitriles is 1. The third-order valence-corrected chi connectivity index (χ3v) is 2.87. The van der Waals surface area contributed by atoms with E-state index in [1.54, 1.807) is 18.2 Å². The second-order valence-electron chi connectivity index (χ2n) is 3.81. The number of hydrogen-bond donors (Lipinski definition) is 2. The van der Waals surface area contributed by atoms with E-state index in [9.17, 15) is 9.59 Å². The molecule has 20 heavy (non-hydrogen) atoms. The molecule has 0 unspecified atom stereocenters. The maximum atomic E-state index is 11.9. The largest absolute Gasteiger partial charge is 0.339 e. The van der Waals surface area contributed by atoms with E-state index in [0.29, 0.717) is 16.3 Å². The van der Waals surface area contributed by atoms with Crippen molar-refractivity contribution in [2.75, 3.05) is 6.54 Å². The van der Waals surface area contributed by atoms with Crippen LogP contribution in [0.2, 0.25) is 5.02 Å². The van der Waals surface area contributed by atoms with Crippen LogP contribution in [0, 0.1) is 11.3 Å². The molecule has 1 amide bonds. The first-order valence-electron chi connectivity index (χ1n) is 5.62. The Hall–Kier alpha value is -2.65. The van der Waals surface area contributed by atoms with E-state index in [2.05, 4.69) is 15.3 Å². The van der Waals surface area contributed by atoms with E-state index < -0.39 is 11.5 Å². The zero-order valence-electron chi connectivity index (χ0n) is 10.2. The Morgan fingerprint density at radius 1 is 1.45 bits per heavy atom. The molecule has 0 spiro atoms. The molecule has 2 rings (SSSR count). The van der Waals surface area contributed by atoms with Crippen LogP contribution in [0.15, 0.2) is 35.4 Å². The summed E-state index contributed by atoms with van der Waals surface area (Å²) >= 11 is 6.00. The average Bonchev–Trinajstić information content (AvgIpc) is 2.45. The molecule has 2 heterocycles. The molecule has 0 aromatic carbocycles. The van der Waals surface area contributed by atoms with Crippen molar-refractivity contribution in [2.24, 2.45) is 0 Å². The Bertz CT molecular complexity index is 749. The summed E-state index contributed by atoms with van der Waals surface area (Å²) < 4.78 is 0. The maximum Gasteiger partial charge on any atom is 0.261 e. The van der Waals surface area contributed by atoms with Gasteiger partial charge in [0, 0.05) is 18.0 Å². The predicted octanol–water partition coefficient (Wildman–Crippen LogP) is 1.34. The zero-order chi connectivity index (χ0) is 14.5. The predicted molar refractivity (Wildman–Crippen MR) is 73.2 cm³/mol. The molecule has 0 aliphatic carbocycles. The third-order valence-electron chi connectivity index (χ3n) is 2.54. The standard InChI is InChI=1S/C13H9ClN4O2/c14-10-3-5-16-7-9(10)11-2-1-8(13(20)18-11)12(19)17-6-4-15/h1-3,5,7H,6H2,(H,17,19)(H,18,20).